The number of hydrogen-bond donors (Lipinski definition) is 2. The van der Waals surface area contributed by atoms with E-state index < -0.39 is 17.8 Å². The Morgan fingerprint density at radius 2 is 1.70 bits per heavy atom. The van der Waals surface area contributed by atoms with Crippen molar-refractivity contribution in [3.05, 3.63) is 120 Å². The lowest BCUT2D eigenvalue weighted by atomic mass is 9.90. The predicted octanol–water partition coefficient (Wildman–Crippen LogP) is 7.71. The van der Waals surface area contributed by atoms with E-state index in [4.69, 9.17) is 15.5 Å². The van der Waals surface area contributed by atoms with Crippen LogP contribution >= 0.6 is 0 Å². The Bertz CT molecular complexity index is 2880. The molecule has 0 unspecified atom stereocenters. The summed E-state index contributed by atoms with van der Waals surface area (Å²) in [4.78, 5) is 56.3. The SMILES string of the molecule is COc1ncnc(C2CC2)c1-c1ncnc(N(CCNC(=O)N2CCC[C@@H](c3ccc(-n4cc5cccc(C(N)=O)c5n4)cc3)C2)Cc2ccc(-c3nc(C(F)(F)F)cn3C(C)C)cc2)n1. The van der Waals surface area contributed by atoms with Crippen LogP contribution in [0.15, 0.2) is 91.8 Å². The van der Waals surface area contributed by atoms with Crippen LogP contribution in [0, 0.1) is 0 Å². The molecule has 3 amide bonds. The molecule has 66 heavy (non-hydrogen) atoms. The van der Waals surface area contributed by atoms with Gasteiger partial charge in [0, 0.05) is 73.9 Å². The van der Waals surface area contributed by atoms with Gasteiger partial charge >= 0.3 is 12.2 Å². The fourth-order valence-electron chi connectivity index (χ4n) is 8.46. The van der Waals surface area contributed by atoms with Gasteiger partial charge in [0.15, 0.2) is 11.5 Å². The van der Waals surface area contributed by atoms with Gasteiger partial charge in [-0.3, -0.25) is 4.79 Å². The highest BCUT2D eigenvalue weighted by molar-refractivity contribution is 6.04. The average Bonchev–Trinajstić information content (AvgIpc) is 3.90. The summed E-state index contributed by atoms with van der Waals surface area (Å²) in [6, 6.07) is 20.2. The van der Waals surface area contributed by atoms with Crippen LogP contribution in [0.1, 0.15) is 90.3 Å². The third-order valence-corrected chi connectivity index (χ3v) is 12.0. The summed E-state index contributed by atoms with van der Waals surface area (Å²) in [5, 5.41) is 8.55. The minimum absolute atomic E-state index is 0.123. The highest BCUT2D eigenvalue weighted by atomic mass is 19.4. The predicted molar refractivity (Wildman–Crippen MR) is 240 cm³/mol. The third-order valence-electron chi connectivity index (χ3n) is 12.0. The van der Waals surface area contributed by atoms with Gasteiger partial charge in [-0.25, -0.2) is 34.4 Å². The van der Waals surface area contributed by atoms with Crippen LogP contribution in [0.25, 0.3) is 39.4 Å². The second-order valence-corrected chi connectivity index (χ2v) is 16.9. The van der Waals surface area contributed by atoms with Crippen molar-refractivity contribution in [2.45, 2.75) is 70.1 Å². The lowest BCUT2D eigenvalue weighted by Crippen LogP contribution is -2.46. The third kappa shape index (κ3) is 9.23. The van der Waals surface area contributed by atoms with Crippen LogP contribution in [-0.4, -0.2) is 94.4 Å². The van der Waals surface area contributed by atoms with Crippen molar-refractivity contribution in [1.29, 1.82) is 0 Å². The van der Waals surface area contributed by atoms with Gasteiger partial charge in [0.1, 0.15) is 29.6 Å². The number of hydrogen-bond acceptors (Lipinski definition) is 11. The fraction of sp³-hybridized carbons (Fsp3) is 0.340. The first kappa shape index (κ1) is 43.8. The molecule has 1 aliphatic carbocycles. The van der Waals surface area contributed by atoms with Crippen LogP contribution in [-0.2, 0) is 12.7 Å². The number of halogens is 3. The molecule has 0 spiro atoms. The van der Waals surface area contributed by atoms with Crippen LogP contribution in [0.4, 0.5) is 23.9 Å². The molecule has 0 radical (unpaired) electrons. The van der Waals surface area contributed by atoms with E-state index in [0.717, 1.165) is 59.8 Å². The molecule has 3 aromatic carbocycles. The molecule has 3 N–H and O–H groups in total. The summed E-state index contributed by atoms with van der Waals surface area (Å²) >= 11 is 0. The number of nitrogens with zero attached hydrogens (tertiary/aromatic N) is 11. The molecule has 1 saturated carbocycles. The van der Waals surface area contributed by atoms with Crippen LogP contribution < -0.4 is 20.7 Å². The van der Waals surface area contributed by atoms with Gasteiger partial charge in [-0.15, -0.1) is 0 Å². The number of fused-ring (bicyclic) bond motifs is 1. The molecule has 1 atom stereocenters. The van der Waals surface area contributed by atoms with Crippen LogP contribution in [0.5, 0.6) is 5.88 Å². The zero-order valence-corrected chi connectivity index (χ0v) is 36.6. The number of benzene rings is 3. The second kappa shape index (κ2) is 18.2. The Balaban J connectivity index is 0.913. The van der Waals surface area contributed by atoms with Crippen molar-refractivity contribution in [2.75, 3.05) is 38.2 Å². The van der Waals surface area contributed by atoms with Crippen LogP contribution in [0.2, 0.25) is 0 Å². The van der Waals surface area contributed by atoms with Gasteiger partial charge in [-0.05, 0) is 68.9 Å². The van der Waals surface area contributed by atoms with Crippen molar-refractivity contribution < 1.29 is 27.5 Å². The minimum Gasteiger partial charge on any atom is -0.480 e. The lowest BCUT2D eigenvalue weighted by Gasteiger charge is -2.33. The molecule has 4 aromatic heterocycles. The number of likely N-dealkylation sites (tertiary alicyclic amines) is 1. The van der Waals surface area contributed by atoms with Crippen molar-refractivity contribution in [3.63, 3.8) is 0 Å². The number of primary amides is 1. The molecule has 1 aliphatic heterocycles. The largest absolute Gasteiger partial charge is 0.480 e. The number of alkyl halides is 3. The van der Waals surface area contributed by atoms with Crippen molar-refractivity contribution in [3.8, 4) is 34.3 Å². The number of rotatable bonds is 14. The summed E-state index contributed by atoms with van der Waals surface area (Å²) in [7, 11) is 1.54. The van der Waals surface area contributed by atoms with Crippen LogP contribution in [0.3, 0.4) is 0 Å². The van der Waals surface area contributed by atoms with E-state index in [1.165, 1.54) is 24.3 Å². The molecule has 7 aromatic rings. The normalized spacial score (nSPS) is 15.3. The maximum atomic E-state index is 13.8. The molecule has 16 nitrogen and oxygen atoms in total. The summed E-state index contributed by atoms with van der Waals surface area (Å²) < 4.78 is 49.9. The van der Waals surface area contributed by atoms with Gasteiger partial charge in [0.25, 0.3) is 5.91 Å². The summed E-state index contributed by atoms with van der Waals surface area (Å²) in [5.74, 6) is 1.11. The number of piperidine rings is 1. The Labute approximate surface area is 378 Å². The zero-order valence-electron chi connectivity index (χ0n) is 36.6. The summed E-state index contributed by atoms with van der Waals surface area (Å²) in [6.07, 6.45) is 4.96. The standard InChI is InChI=1S/C47H48F3N13O3/c1-28(2)62-25-37(47(48,49)50)57-43(62)32-11-9-29(10-12-32)22-60(45-56-27-54-42(58-45)38-40(31-13-14-31)53-26-55-44(38)66-3)21-19-52-46(65)61-20-5-7-33(23-61)30-15-17-35(18-16-30)63-24-34-6-4-8-36(41(51)64)39(34)59-63/h4,6,8-12,15-18,24-28,31,33H,5,7,13-14,19-23H2,1-3H3,(H2,51,64)(H,52,65)/t33-/m1/s1. The van der Waals surface area contributed by atoms with E-state index in [9.17, 15) is 22.8 Å². The van der Waals surface area contributed by atoms with Crippen molar-refractivity contribution >= 4 is 28.8 Å². The summed E-state index contributed by atoms with van der Waals surface area (Å²) in [6.45, 7) is 5.62. The lowest BCUT2D eigenvalue weighted by molar-refractivity contribution is -0.140. The van der Waals surface area contributed by atoms with Gasteiger partial charge in [-0.2, -0.15) is 23.3 Å². The first-order valence-electron chi connectivity index (χ1n) is 21.8. The van der Waals surface area contributed by atoms with Crippen molar-refractivity contribution in [2.24, 2.45) is 5.73 Å². The number of aromatic nitrogens is 9. The molecular formula is C47H48F3N13O3. The maximum absolute atomic E-state index is 13.8. The van der Waals surface area contributed by atoms with E-state index in [1.807, 2.05) is 60.2 Å². The number of imidazole rings is 1. The smallest absolute Gasteiger partial charge is 0.434 e. The number of methoxy groups -OCH3 is 1. The number of ether oxygens (including phenoxy) is 1. The van der Waals surface area contributed by atoms with E-state index in [1.54, 1.807) is 28.9 Å². The van der Waals surface area contributed by atoms with E-state index in [-0.39, 0.29) is 36.3 Å². The van der Waals surface area contributed by atoms with Gasteiger partial charge < -0.3 is 30.2 Å². The molecular weight excluding hydrogens is 852 g/mol. The Kier molecular flexibility index (Phi) is 12.1. The Morgan fingerprint density at radius 3 is 2.41 bits per heavy atom. The molecule has 1 saturated heterocycles. The minimum atomic E-state index is -4.58. The van der Waals surface area contributed by atoms with E-state index in [2.05, 4.69) is 47.5 Å². The van der Waals surface area contributed by atoms with Gasteiger partial charge in [-0.1, -0.05) is 48.5 Å². The number of nitrogens with one attached hydrogen (secondary N) is 1. The second-order valence-electron chi connectivity index (χ2n) is 16.9. The van der Waals surface area contributed by atoms with Gasteiger partial charge in [0.2, 0.25) is 11.8 Å². The monoisotopic (exact) mass is 899 g/mol. The van der Waals surface area contributed by atoms with Gasteiger partial charge in [0.05, 0.1) is 24.1 Å². The number of carbonyl (C=O) groups is 2. The van der Waals surface area contributed by atoms with E-state index in [0.29, 0.717) is 66.0 Å². The summed E-state index contributed by atoms with van der Waals surface area (Å²) in [5.41, 5.74) is 10.3. The molecule has 2 fully saturated rings. The highest BCUT2D eigenvalue weighted by Crippen LogP contribution is 2.45. The topological polar surface area (TPSA) is 188 Å². The molecule has 9 rings (SSSR count). The van der Waals surface area contributed by atoms with Crippen molar-refractivity contribution in [1.82, 2.24) is 54.5 Å². The molecule has 19 heteroatoms. The fourth-order valence-corrected chi connectivity index (χ4v) is 8.46. The molecule has 340 valence electrons. The highest BCUT2D eigenvalue weighted by Gasteiger charge is 2.36. The Hall–Kier alpha value is -7.44. The quantitative estimate of drug-likeness (QED) is 0.109. The number of urea groups is 1. The first-order chi connectivity index (χ1) is 31.8. The number of anilines is 1. The number of nitrogens with two attached hydrogens (primary N) is 1. The van der Waals surface area contributed by atoms with E-state index >= 15 is 0 Å². The Morgan fingerprint density at radius 1 is 0.924 bits per heavy atom. The molecule has 5 heterocycles. The molecule has 0 bridgehead atoms. The zero-order chi connectivity index (χ0) is 46.1. The maximum Gasteiger partial charge on any atom is 0.434 e. The average molecular weight is 900 g/mol. The molecule has 2 aliphatic rings. The number of carbonyl (C=O) groups excluding carboxylic acids is 2. The first-order valence-corrected chi connectivity index (χ1v) is 21.8. The number of amides is 3.